The molecule has 3 saturated carbocycles. The van der Waals surface area contributed by atoms with Crippen molar-refractivity contribution in [2.75, 3.05) is 0 Å². The zero-order valence-corrected chi connectivity index (χ0v) is 12.5. The fourth-order valence-corrected chi connectivity index (χ4v) is 6.06. The smallest absolute Gasteiger partial charge is 0.136 e. The molecule has 0 amide bonds. The molecule has 4 rings (SSSR count). The number of carbonyl (C=O) groups excluding carboxylic acids is 1. The van der Waals surface area contributed by atoms with Crippen molar-refractivity contribution in [3.8, 4) is 0 Å². The van der Waals surface area contributed by atoms with E-state index in [1.807, 2.05) is 0 Å². The van der Waals surface area contributed by atoms with Gasteiger partial charge in [0.05, 0.1) is 6.10 Å². The Bertz CT molecular complexity index is 466. The summed E-state index contributed by atoms with van der Waals surface area (Å²) in [6.45, 7) is 2.44. The second-order valence-corrected chi connectivity index (χ2v) is 7.90. The van der Waals surface area contributed by atoms with E-state index < -0.39 is 0 Å². The van der Waals surface area contributed by atoms with Crippen LogP contribution in [0.3, 0.4) is 0 Å². The van der Waals surface area contributed by atoms with E-state index >= 15 is 0 Å². The molecular formula is C18H26O2. The molecule has 6 unspecified atom stereocenters. The molecule has 1 N–H and O–H groups in total. The number of hydrogen-bond donors (Lipinski definition) is 1. The Hall–Kier alpha value is -0.630. The van der Waals surface area contributed by atoms with Crippen LogP contribution in [0.5, 0.6) is 0 Å². The van der Waals surface area contributed by atoms with Gasteiger partial charge in [-0.3, -0.25) is 4.79 Å². The summed E-state index contributed by atoms with van der Waals surface area (Å²) in [4.78, 5) is 12.0. The fraction of sp³-hybridized carbons (Fsp3) is 0.833. The average Bonchev–Trinajstić information content (AvgIpc) is 2.82. The Kier molecular flexibility index (Phi) is 2.89. The molecule has 20 heavy (non-hydrogen) atoms. The second-order valence-electron chi connectivity index (χ2n) is 7.90. The quantitative estimate of drug-likeness (QED) is 0.687. The van der Waals surface area contributed by atoms with Crippen molar-refractivity contribution in [1.82, 2.24) is 0 Å². The molecule has 4 aliphatic carbocycles. The van der Waals surface area contributed by atoms with Gasteiger partial charge in [-0.2, -0.15) is 0 Å². The van der Waals surface area contributed by atoms with Gasteiger partial charge in [-0.05, 0) is 68.1 Å². The highest BCUT2D eigenvalue weighted by Gasteiger charge is 2.53. The maximum Gasteiger partial charge on any atom is 0.136 e. The van der Waals surface area contributed by atoms with Crippen LogP contribution < -0.4 is 0 Å². The van der Waals surface area contributed by atoms with Crippen molar-refractivity contribution in [3.05, 3.63) is 11.6 Å². The van der Waals surface area contributed by atoms with Crippen LogP contribution in [0.15, 0.2) is 11.6 Å². The number of ketones is 1. The Labute approximate surface area is 121 Å². The van der Waals surface area contributed by atoms with Crippen molar-refractivity contribution >= 4 is 5.78 Å². The molecule has 0 aromatic rings. The first-order valence-corrected chi connectivity index (χ1v) is 8.50. The summed E-state index contributed by atoms with van der Waals surface area (Å²) in [7, 11) is 0. The van der Waals surface area contributed by atoms with Gasteiger partial charge in [-0.25, -0.2) is 0 Å². The maximum atomic E-state index is 12.0. The highest BCUT2D eigenvalue weighted by molar-refractivity contribution is 5.83. The number of hydrogen-bond acceptors (Lipinski definition) is 2. The van der Waals surface area contributed by atoms with Gasteiger partial charge in [0.25, 0.3) is 0 Å². The Morgan fingerprint density at radius 1 is 1.20 bits per heavy atom. The summed E-state index contributed by atoms with van der Waals surface area (Å²) < 4.78 is 0. The van der Waals surface area contributed by atoms with Gasteiger partial charge >= 0.3 is 0 Å². The lowest BCUT2D eigenvalue weighted by Gasteiger charge is -2.54. The van der Waals surface area contributed by atoms with Crippen LogP contribution >= 0.6 is 0 Å². The molecule has 0 heterocycles. The predicted molar refractivity (Wildman–Crippen MR) is 78.1 cm³/mol. The van der Waals surface area contributed by atoms with Gasteiger partial charge in [0.15, 0.2) is 0 Å². The standard InChI is InChI=1S/C18H26O2/c1-18-9-8-12(19)10-11(18)2-3-14-13-5-7-17(20)15(13)4-6-16(14)18/h2,12-16,19H,3-10H2,1H3. The van der Waals surface area contributed by atoms with E-state index in [0.717, 1.165) is 56.8 Å². The first-order chi connectivity index (χ1) is 9.59. The number of carbonyl (C=O) groups is 1. The Morgan fingerprint density at radius 3 is 2.90 bits per heavy atom. The first kappa shape index (κ1) is 13.1. The van der Waals surface area contributed by atoms with E-state index in [4.69, 9.17) is 0 Å². The fourth-order valence-electron chi connectivity index (χ4n) is 6.06. The molecule has 4 aliphatic rings. The number of aliphatic hydroxyl groups is 1. The van der Waals surface area contributed by atoms with Crippen LogP contribution in [0.25, 0.3) is 0 Å². The Morgan fingerprint density at radius 2 is 2.05 bits per heavy atom. The highest BCUT2D eigenvalue weighted by atomic mass is 16.3. The topological polar surface area (TPSA) is 37.3 Å². The number of rotatable bonds is 0. The SMILES string of the molecule is CC12CCC(O)CC1=CCC1C3CCC(=O)C3CCC12. The summed E-state index contributed by atoms with van der Waals surface area (Å²) in [5.74, 6) is 3.12. The monoisotopic (exact) mass is 274 g/mol. The van der Waals surface area contributed by atoms with E-state index in [1.165, 1.54) is 12.0 Å². The summed E-state index contributed by atoms with van der Waals surface area (Å²) in [5.41, 5.74) is 1.85. The van der Waals surface area contributed by atoms with Gasteiger partial charge in [0.1, 0.15) is 5.78 Å². The van der Waals surface area contributed by atoms with E-state index in [-0.39, 0.29) is 6.10 Å². The summed E-state index contributed by atoms with van der Waals surface area (Å²) >= 11 is 0. The lowest BCUT2D eigenvalue weighted by atomic mass is 9.50. The molecule has 0 spiro atoms. The van der Waals surface area contributed by atoms with Crippen molar-refractivity contribution in [3.63, 3.8) is 0 Å². The van der Waals surface area contributed by atoms with Crippen molar-refractivity contribution in [2.45, 2.75) is 64.4 Å². The highest BCUT2D eigenvalue weighted by Crippen LogP contribution is 2.60. The number of fused-ring (bicyclic) bond motifs is 5. The zero-order valence-electron chi connectivity index (χ0n) is 12.5. The third-order valence-electron chi connectivity index (χ3n) is 7.15. The molecule has 0 bridgehead atoms. The minimum absolute atomic E-state index is 0.115. The predicted octanol–water partition coefficient (Wildman–Crippen LogP) is 3.49. The number of aliphatic hydroxyl groups excluding tert-OH is 1. The van der Waals surface area contributed by atoms with Crippen LogP contribution in [0.1, 0.15) is 58.3 Å². The average molecular weight is 274 g/mol. The van der Waals surface area contributed by atoms with Gasteiger partial charge in [0, 0.05) is 12.3 Å². The number of allylic oxidation sites excluding steroid dienone is 1. The van der Waals surface area contributed by atoms with Crippen LogP contribution in [0.4, 0.5) is 0 Å². The van der Waals surface area contributed by atoms with Crippen molar-refractivity contribution < 1.29 is 9.90 Å². The molecule has 0 aromatic carbocycles. The van der Waals surface area contributed by atoms with E-state index in [9.17, 15) is 9.90 Å². The first-order valence-electron chi connectivity index (χ1n) is 8.50. The molecule has 6 atom stereocenters. The molecule has 3 fully saturated rings. The van der Waals surface area contributed by atoms with Crippen LogP contribution in [-0.2, 0) is 4.79 Å². The number of Topliss-reactive ketones (excluding diaryl/α,β-unsaturated/α-hetero) is 1. The van der Waals surface area contributed by atoms with E-state index in [2.05, 4.69) is 13.0 Å². The summed E-state index contributed by atoms with van der Waals surface area (Å²) in [6, 6.07) is 0. The molecule has 0 aromatic heterocycles. The molecule has 2 nitrogen and oxygen atoms in total. The minimum Gasteiger partial charge on any atom is -0.393 e. The van der Waals surface area contributed by atoms with Gasteiger partial charge in [-0.15, -0.1) is 0 Å². The van der Waals surface area contributed by atoms with E-state index in [0.29, 0.717) is 23.0 Å². The molecule has 0 aliphatic heterocycles. The van der Waals surface area contributed by atoms with Crippen LogP contribution in [0, 0.1) is 29.1 Å². The molecule has 2 heteroatoms. The summed E-state index contributed by atoms with van der Waals surface area (Å²) in [6.07, 6.45) is 10.8. The molecule has 0 radical (unpaired) electrons. The van der Waals surface area contributed by atoms with Crippen LogP contribution in [-0.4, -0.2) is 17.0 Å². The van der Waals surface area contributed by atoms with Crippen molar-refractivity contribution in [2.24, 2.45) is 29.1 Å². The second kappa shape index (κ2) is 4.43. The molecular weight excluding hydrogens is 248 g/mol. The van der Waals surface area contributed by atoms with E-state index in [1.54, 1.807) is 0 Å². The lowest BCUT2D eigenvalue weighted by molar-refractivity contribution is -0.123. The lowest BCUT2D eigenvalue weighted by Crippen LogP contribution is -2.47. The third-order valence-corrected chi connectivity index (χ3v) is 7.15. The maximum absolute atomic E-state index is 12.0. The summed E-state index contributed by atoms with van der Waals surface area (Å²) in [5, 5.41) is 9.96. The van der Waals surface area contributed by atoms with Gasteiger partial charge < -0.3 is 5.11 Å². The third kappa shape index (κ3) is 1.70. The van der Waals surface area contributed by atoms with Gasteiger partial charge in [-0.1, -0.05) is 18.6 Å². The van der Waals surface area contributed by atoms with Crippen molar-refractivity contribution in [1.29, 1.82) is 0 Å². The molecule has 110 valence electrons. The van der Waals surface area contributed by atoms with Crippen LogP contribution in [0.2, 0.25) is 0 Å². The zero-order chi connectivity index (χ0) is 13.9. The normalized spacial score (nSPS) is 51.0. The largest absolute Gasteiger partial charge is 0.393 e. The van der Waals surface area contributed by atoms with Gasteiger partial charge in [0.2, 0.25) is 0 Å². The molecule has 0 saturated heterocycles. The Balaban J connectivity index is 1.66. The minimum atomic E-state index is -0.115.